The molecular formula is C16H16FNO. The first-order valence-corrected chi connectivity index (χ1v) is 6.48. The number of hydrogen-bond acceptors (Lipinski definition) is 2. The Kier molecular flexibility index (Phi) is 3.22. The summed E-state index contributed by atoms with van der Waals surface area (Å²) in [6, 6.07) is 10.9. The topological polar surface area (TPSA) is 21.3 Å². The fraction of sp³-hybridized carbons (Fsp3) is 0.250. The third-order valence-corrected chi connectivity index (χ3v) is 3.52. The molecule has 0 bridgehead atoms. The molecule has 1 heterocycles. The van der Waals surface area contributed by atoms with Gasteiger partial charge in [-0.2, -0.15) is 0 Å². The largest absolute Gasteiger partial charge is 0.496 e. The van der Waals surface area contributed by atoms with Gasteiger partial charge in [0.1, 0.15) is 11.6 Å². The van der Waals surface area contributed by atoms with Crippen molar-refractivity contribution in [3.63, 3.8) is 0 Å². The van der Waals surface area contributed by atoms with Gasteiger partial charge in [-0.1, -0.05) is 30.3 Å². The lowest BCUT2D eigenvalue weighted by molar-refractivity contribution is 0.218. The van der Waals surface area contributed by atoms with Crippen LogP contribution in [0.15, 0.2) is 48.2 Å². The Labute approximate surface area is 111 Å². The highest BCUT2D eigenvalue weighted by Gasteiger charge is 2.21. The van der Waals surface area contributed by atoms with Crippen LogP contribution in [0.3, 0.4) is 0 Å². The van der Waals surface area contributed by atoms with Gasteiger partial charge in [0.05, 0.1) is 12.6 Å². The number of fused-ring (bicyclic) bond motifs is 1. The van der Waals surface area contributed by atoms with Crippen LogP contribution in [0.25, 0.3) is 10.8 Å². The molecule has 0 amide bonds. The summed E-state index contributed by atoms with van der Waals surface area (Å²) in [7, 11) is 1.89. The smallest absolute Gasteiger partial charge is 0.131 e. The maximum atomic E-state index is 13.8. The SMILES string of the molecule is CNC(C1=CCCO1)c1ccc(F)c2ccccc12. The molecule has 0 saturated heterocycles. The van der Waals surface area contributed by atoms with Gasteiger partial charge < -0.3 is 10.1 Å². The molecule has 0 aromatic heterocycles. The molecule has 0 aliphatic carbocycles. The summed E-state index contributed by atoms with van der Waals surface area (Å²) in [5, 5.41) is 4.84. The lowest BCUT2D eigenvalue weighted by Gasteiger charge is -2.20. The zero-order chi connectivity index (χ0) is 13.2. The highest BCUT2D eigenvalue weighted by molar-refractivity contribution is 5.87. The van der Waals surface area contributed by atoms with E-state index in [1.54, 1.807) is 0 Å². The van der Waals surface area contributed by atoms with E-state index in [2.05, 4.69) is 11.4 Å². The molecule has 0 spiro atoms. The minimum Gasteiger partial charge on any atom is -0.496 e. The fourth-order valence-electron chi connectivity index (χ4n) is 2.63. The van der Waals surface area contributed by atoms with Crippen molar-refractivity contribution in [2.45, 2.75) is 12.5 Å². The average molecular weight is 257 g/mol. The zero-order valence-corrected chi connectivity index (χ0v) is 10.8. The molecule has 0 fully saturated rings. The summed E-state index contributed by atoms with van der Waals surface area (Å²) < 4.78 is 19.5. The van der Waals surface area contributed by atoms with E-state index < -0.39 is 0 Å². The van der Waals surface area contributed by atoms with Crippen LogP contribution in [-0.4, -0.2) is 13.7 Å². The van der Waals surface area contributed by atoms with Crippen LogP contribution in [-0.2, 0) is 4.74 Å². The van der Waals surface area contributed by atoms with Crippen molar-refractivity contribution in [1.82, 2.24) is 5.32 Å². The van der Waals surface area contributed by atoms with Gasteiger partial charge in [-0.25, -0.2) is 4.39 Å². The minimum atomic E-state index is -0.185. The van der Waals surface area contributed by atoms with Crippen molar-refractivity contribution >= 4 is 10.8 Å². The normalized spacial score (nSPS) is 16.2. The Hall–Kier alpha value is -1.87. The van der Waals surface area contributed by atoms with E-state index in [4.69, 9.17) is 4.74 Å². The molecule has 1 unspecified atom stereocenters. The lowest BCUT2D eigenvalue weighted by atomic mass is 9.97. The molecule has 1 N–H and O–H groups in total. The summed E-state index contributed by atoms with van der Waals surface area (Å²) >= 11 is 0. The number of halogens is 1. The highest BCUT2D eigenvalue weighted by atomic mass is 19.1. The lowest BCUT2D eigenvalue weighted by Crippen LogP contribution is -2.19. The van der Waals surface area contributed by atoms with Crippen molar-refractivity contribution in [3.8, 4) is 0 Å². The molecule has 1 atom stereocenters. The Balaban J connectivity index is 2.16. The molecule has 3 rings (SSSR count). The quantitative estimate of drug-likeness (QED) is 0.908. The van der Waals surface area contributed by atoms with Gasteiger partial charge in [-0.05, 0) is 30.1 Å². The molecule has 19 heavy (non-hydrogen) atoms. The molecular weight excluding hydrogens is 241 g/mol. The van der Waals surface area contributed by atoms with Gasteiger partial charge in [0, 0.05) is 11.8 Å². The second-order valence-corrected chi connectivity index (χ2v) is 4.65. The number of benzene rings is 2. The number of hydrogen-bond donors (Lipinski definition) is 1. The standard InChI is InChI=1S/C16H16FNO/c1-18-16(15-7-4-10-19-15)13-8-9-14(17)12-6-3-2-5-11(12)13/h2-3,5-9,16,18H,4,10H2,1H3. The van der Waals surface area contributed by atoms with Crippen LogP contribution in [0.5, 0.6) is 0 Å². The van der Waals surface area contributed by atoms with E-state index in [0.29, 0.717) is 5.39 Å². The van der Waals surface area contributed by atoms with Gasteiger partial charge in [0.15, 0.2) is 0 Å². The van der Waals surface area contributed by atoms with Gasteiger partial charge in [-0.15, -0.1) is 0 Å². The van der Waals surface area contributed by atoms with Crippen molar-refractivity contribution in [2.75, 3.05) is 13.7 Å². The van der Waals surface area contributed by atoms with E-state index in [-0.39, 0.29) is 11.9 Å². The first-order chi connectivity index (χ1) is 9.31. The number of rotatable bonds is 3. The molecule has 2 aromatic carbocycles. The Morgan fingerprint density at radius 3 is 2.63 bits per heavy atom. The van der Waals surface area contributed by atoms with E-state index in [1.165, 1.54) is 6.07 Å². The summed E-state index contributed by atoms with van der Waals surface area (Å²) in [5.74, 6) is 0.745. The number of likely N-dealkylation sites (N-methyl/N-ethyl adjacent to an activating group) is 1. The monoisotopic (exact) mass is 257 g/mol. The molecule has 0 saturated carbocycles. The van der Waals surface area contributed by atoms with E-state index in [0.717, 1.165) is 29.7 Å². The Bertz CT molecular complexity index is 636. The summed E-state index contributed by atoms with van der Waals surface area (Å²) in [6.07, 6.45) is 3.03. The van der Waals surface area contributed by atoms with Gasteiger partial charge >= 0.3 is 0 Å². The third-order valence-electron chi connectivity index (χ3n) is 3.52. The maximum absolute atomic E-state index is 13.8. The second kappa shape index (κ2) is 5.02. The molecule has 1 aliphatic heterocycles. The van der Waals surface area contributed by atoms with E-state index in [9.17, 15) is 4.39 Å². The molecule has 0 radical (unpaired) electrons. The van der Waals surface area contributed by atoms with Crippen LogP contribution < -0.4 is 5.32 Å². The van der Waals surface area contributed by atoms with Crippen LogP contribution in [0.4, 0.5) is 4.39 Å². The first-order valence-electron chi connectivity index (χ1n) is 6.48. The molecule has 3 heteroatoms. The highest BCUT2D eigenvalue weighted by Crippen LogP contribution is 2.32. The predicted molar refractivity (Wildman–Crippen MR) is 74.4 cm³/mol. The van der Waals surface area contributed by atoms with Crippen LogP contribution in [0.2, 0.25) is 0 Å². The Morgan fingerprint density at radius 2 is 1.95 bits per heavy atom. The maximum Gasteiger partial charge on any atom is 0.131 e. The summed E-state index contributed by atoms with van der Waals surface area (Å²) in [4.78, 5) is 0. The third kappa shape index (κ3) is 2.10. The number of nitrogens with one attached hydrogen (secondary N) is 1. The molecule has 98 valence electrons. The van der Waals surface area contributed by atoms with Gasteiger partial charge in [0.2, 0.25) is 0 Å². The van der Waals surface area contributed by atoms with Crippen molar-refractivity contribution in [3.05, 3.63) is 59.6 Å². The second-order valence-electron chi connectivity index (χ2n) is 4.65. The molecule has 1 aliphatic rings. The summed E-state index contributed by atoms with van der Waals surface area (Å²) in [5.41, 5.74) is 1.05. The van der Waals surface area contributed by atoms with Crippen molar-refractivity contribution in [2.24, 2.45) is 0 Å². The number of ether oxygens (including phenoxy) is 1. The van der Waals surface area contributed by atoms with Crippen LogP contribution in [0.1, 0.15) is 18.0 Å². The van der Waals surface area contributed by atoms with Crippen molar-refractivity contribution in [1.29, 1.82) is 0 Å². The van der Waals surface area contributed by atoms with Crippen LogP contribution in [0, 0.1) is 5.82 Å². The van der Waals surface area contributed by atoms with Crippen molar-refractivity contribution < 1.29 is 9.13 Å². The van der Waals surface area contributed by atoms with Gasteiger partial charge in [0.25, 0.3) is 0 Å². The first kappa shape index (κ1) is 12.2. The predicted octanol–water partition coefficient (Wildman–Crippen LogP) is 3.54. The average Bonchev–Trinajstić information content (AvgIpc) is 2.96. The fourth-order valence-corrected chi connectivity index (χ4v) is 2.63. The molecule has 2 nitrogen and oxygen atoms in total. The molecule has 2 aromatic rings. The zero-order valence-electron chi connectivity index (χ0n) is 10.8. The van der Waals surface area contributed by atoms with E-state index >= 15 is 0 Å². The van der Waals surface area contributed by atoms with Crippen LogP contribution >= 0.6 is 0 Å². The summed E-state index contributed by atoms with van der Waals surface area (Å²) in [6.45, 7) is 0.729. The minimum absolute atomic E-state index is 0.0204. The van der Waals surface area contributed by atoms with Gasteiger partial charge in [-0.3, -0.25) is 0 Å². The van der Waals surface area contributed by atoms with E-state index in [1.807, 2.05) is 37.4 Å². The Morgan fingerprint density at radius 1 is 1.16 bits per heavy atom.